The highest BCUT2D eigenvalue weighted by Gasteiger charge is 2.14. The van der Waals surface area contributed by atoms with Gasteiger partial charge in [-0.1, -0.05) is 6.07 Å². The van der Waals surface area contributed by atoms with E-state index in [1.54, 1.807) is 16.8 Å². The van der Waals surface area contributed by atoms with E-state index in [2.05, 4.69) is 36.2 Å². The average molecular weight is 275 g/mol. The third-order valence-corrected chi connectivity index (χ3v) is 2.68. The van der Waals surface area contributed by atoms with Gasteiger partial charge in [-0.25, -0.2) is 9.67 Å². The largest absolute Gasteiger partial charge is 0.305 e. The molecule has 1 N–H and O–H groups in total. The summed E-state index contributed by atoms with van der Waals surface area (Å²) in [6.07, 6.45) is 1.44. The molecule has 0 aliphatic heterocycles. The Hall–Kier alpha value is -2.28. The van der Waals surface area contributed by atoms with Crippen LogP contribution in [0.5, 0.6) is 0 Å². The molecule has 0 aliphatic rings. The summed E-state index contributed by atoms with van der Waals surface area (Å²) >= 11 is 0. The molecule has 0 unspecified atom stereocenters. The smallest absolute Gasteiger partial charge is 0.271 e. The van der Waals surface area contributed by atoms with Gasteiger partial charge in [0, 0.05) is 17.7 Å². The van der Waals surface area contributed by atoms with Gasteiger partial charge in [0.1, 0.15) is 12.2 Å². The Labute approximate surface area is 116 Å². The maximum absolute atomic E-state index is 10.8. The second-order valence-corrected chi connectivity index (χ2v) is 5.47. The zero-order valence-corrected chi connectivity index (χ0v) is 11.7. The average Bonchev–Trinajstić information content (AvgIpc) is 2.84. The maximum Gasteiger partial charge on any atom is 0.271 e. The molecule has 20 heavy (non-hydrogen) atoms. The van der Waals surface area contributed by atoms with Crippen LogP contribution in [0.25, 0.3) is 5.69 Å². The van der Waals surface area contributed by atoms with Gasteiger partial charge in [0.2, 0.25) is 0 Å². The van der Waals surface area contributed by atoms with Crippen molar-refractivity contribution in [2.24, 2.45) is 0 Å². The summed E-state index contributed by atoms with van der Waals surface area (Å²) in [5.41, 5.74) is 0.620. The van der Waals surface area contributed by atoms with Gasteiger partial charge in [0.15, 0.2) is 0 Å². The summed E-state index contributed by atoms with van der Waals surface area (Å²) in [6, 6.07) is 6.33. The van der Waals surface area contributed by atoms with E-state index in [1.165, 1.54) is 18.5 Å². The third kappa shape index (κ3) is 3.39. The molecule has 1 heterocycles. The van der Waals surface area contributed by atoms with E-state index in [-0.39, 0.29) is 11.2 Å². The molecule has 0 bridgehead atoms. The summed E-state index contributed by atoms with van der Waals surface area (Å²) in [5, 5.41) is 18.3. The fraction of sp³-hybridized carbons (Fsp3) is 0.385. The minimum Gasteiger partial charge on any atom is -0.305 e. The molecule has 7 heteroatoms. The van der Waals surface area contributed by atoms with Gasteiger partial charge in [-0.3, -0.25) is 10.1 Å². The van der Waals surface area contributed by atoms with Crippen LogP contribution in [0.3, 0.4) is 0 Å². The first-order valence-electron chi connectivity index (χ1n) is 6.25. The molecular weight excluding hydrogens is 258 g/mol. The molecule has 0 amide bonds. The second kappa shape index (κ2) is 5.38. The molecule has 0 aliphatic carbocycles. The molecule has 1 aromatic carbocycles. The summed E-state index contributed by atoms with van der Waals surface area (Å²) in [4.78, 5) is 14.6. The van der Waals surface area contributed by atoms with E-state index in [9.17, 15) is 10.1 Å². The first kappa shape index (κ1) is 14.1. The lowest BCUT2D eigenvalue weighted by Crippen LogP contribution is -2.35. The van der Waals surface area contributed by atoms with Crippen LogP contribution in [0.15, 0.2) is 30.6 Å². The number of nitro groups is 1. The number of aromatic nitrogens is 3. The Morgan fingerprint density at radius 3 is 2.80 bits per heavy atom. The van der Waals surface area contributed by atoms with E-state index in [0.717, 1.165) is 0 Å². The Kier molecular flexibility index (Phi) is 3.80. The number of nitrogens with zero attached hydrogens (tertiary/aromatic N) is 4. The predicted octanol–water partition coefficient (Wildman–Crippen LogP) is 2.06. The molecule has 0 fully saturated rings. The van der Waals surface area contributed by atoms with Crippen molar-refractivity contribution in [3.63, 3.8) is 0 Å². The van der Waals surface area contributed by atoms with E-state index in [4.69, 9.17) is 0 Å². The van der Waals surface area contributed by atoms with Crippen LogP contribution in [0.2, 0.25) is 0 Å². The number of nitrogens with one attached hydrogen (secondary N) is 1. The molecule has 2 aromatic rings. The summed E-state index contributed by atoms with van der Waals surface area (Å²) in [6.45, 7) is 6.70. The molecule has 0 saturated heterocycles. The van der Waals surface area contributed by atoms with Gasteiger partial charge in [0.25, 0.3) is 5.69 Å². The van der Waals surface area contributed by atoms with Crippen molar-refractivity contribution >= 4 is 5.69 Å². The predicted molar refractivity (Wildman–Crippen MR) is 74.6 cm³/mol. The molecule has 1 aromatic heterocycles. The van der Waals surface area contributed by atoms with Gasteiger partial charge in [-0.2, -0.15) is 5.10 Å². The number of nitro benzene ring substituents is 1. The van der Waals surface area contributed by atoms with Crippen molar-refractivity contribution in [1.82, 2.24) is 20.1 Å². The van der Waals surface area contributed by atoms with Crippen LogP contribution in [-0.4, -0.2) is 25.2 Å². The Balaban J connectivity index is 2.28. The van der Waals surface area contributed by atoms with E-state index in [1.807, 2.05) is 0 Å². The van der Waals surface area contributed by atoms with Crippen molar-refractivity contribution in [3.8, 4) is 5.69 Å². The topological polar surface area (TPSA) is 85.9 Å². The van der Waals surface area contributed by atoms with E-state index in [0.29, 0.717) is 18.1 Å². The Bertz CT molecular complexity index is 615. The lowest BCUT2D eigenvalue weighted by Gasteiger charge is -2.20. The van der Waals surface area contributed by atoms with Crippen molar-refractivity contribution in [2.75, 3.05) is 0 Å². The SMILES string of the molecule is CC(C)(C)NCc1ncnn1-c1cccc([N+](=O)[O-])c1. The number of hydrogen-bond donors (Lipinski definition) is 1. The van der Waals surface area contributed by atoms with Crippen molar-refractivity contribution in [1.29, 1.82) is 0 Å². The normalized spacial score (nSPS) is 11.6. The van der Waals surface area contributed by atoms with Crippen molar-refractivity contribution in [2.45, 2.75) is 32.9 Å². The number of hydrogen-bond acceptors (Lipinski definition) is 5. The van der Waals surface area contributed by atoms with Gasteiger partial charge in [-0.15, -0.1) is 0 Å². The molecule has 0 spiro atoms. The van der Waals surface area contributed by atoms with Crippen LogP contribution in [-0.2, 0) is 6.54 Å². The fourth-order valence-electron chi connectivity index (χ4n) is 1.68. The number of non-ortho nitro benzene ring substituents is 1. The van der Waals surface area contributed by atoms with Crippen molar-refractivity contribution in [3.05, 3.63) is 46.5 Å². The summed E-state index contributed by atoms with van der Waals surface area (Å²) in [7, 11) is 0. The zero-order chi connectivity index (χ0) is 14.8. The van der Waals surface area contributed by atoms with Gasteiger partial charge >= 0.3 is 0 Å². The number of rotatable bonds is 4. The first-order valence-corrected chi connectivity index (χ1v) is 6.25. The molecular formula is C13H17N5O2. The lowest BCUT2D eigenvalue weighted by molar-refractivity contribution is -0.384. The minimum atomic E-state index is -0.423. The Morgan fingerprint density at radius 1 is 1.40 bits per heavy atom. The third-order valence-electron chi connectivity index (χ3n) is 2.68. The van der Waals surface area contributed by atoms with Crippen LogP contribution >= 0.6 is 0 Å². The molecule has 0 saturated carbocycles. The molecule has 0 radical (unpaired) electrons. The standard InChI is InChI=1S/C13H17N5O2/c1-13(2,3)15-8-12-14-9-16-17(12)10-5-4-6-11(7-10)18(19)20/h4-7,9,15H,8H2,1-3H3. The Morgan fingerprint density at radius 2 is 2.15 bits per heavy atom. The molecule has 106 valence electrons. The van der Waals surface area contributed by atoms with Gasteiger partial charge in [0.05, 0.1) is 17.2 Å². The van der Waals surface area contributed by atoms with Crippen molar-refractivity contribution < 1.29 is 4.92 Å². The van der Waals surface area contributed by atoms with Crippen LogP contribution in [0.1, 0.15) is 26.6 Å². The molecule has 7 nitrogen and oxygen atoms in total. The lowest BCUT2D eigenvalue weighted by atomic mass is 10.1. The second-order valence-electron chi connectivity index (χ2n) is 5.47. The highest BCUT2D eigenvalue weighted by atomic mass is 16.6. The van der Waals surface area contributed by atoms with E-state index >= 15 is 0 Å². The maximum atomic E-state index is 10.8. The minimum absolute atomic E-state index is 0.0349. The van der Waals surface area contributed by atoms with Gasteiger partial charge in [-0.05, 0) is 26.8 Å². The summed E-state index contributed by atoms with van der Waals surface area (Å²) < 4.78 is 1.60. The van der Waals surface area contributed by atoms with E-state index < -0.39 is 4.92 Å². The van der Waals surface area contributed by atoms with Crippen LogP contribution in [0, 0.1) is 10.1 Å². The monoisotopic (exact) mass is 275 g/mol. The van der Waals surface area contributed by atoms with Crippen LogP contribution in [0.4, 0.5) is 5.69 Å². The molecule has 0 atom stereocenters. The first-order chi connectivity index (χ1) is 9.37. The zero-order valence-electron chi connectivity index (χ0n) is 11.7. The van der Waals surface area contributed by atoms with Gasteiger partial charge < -0.3 is 5.32 Å². The molecule has 2 rings (SSSR count). The quantitative estimate of drug-likeness (QED) is 0.682. The highest BCUT2D eigenvalue weighted by molar-refractivity contribution is 5.42. The summed E-state index contributed by atoms with van der Waals surface area (Å²) in [5.74, 6) is 0.709. The number of benzene rings is 1. The van der Waals surface area contributed by atoms with Crippen LogP contribution < -0.4 is 5.32 Å². The highest BCUT2D eigenvalue weighted by Crippen LogP contribution is 2.17. The fourth-order valence-corrected chi connectivity index (χ4v) is 1.68.